The minimum atomic E-state index is -0.616. The molecule has 29 heavy (non-hydrogen) atoms. The van der Waals surface area contributed by atoms with Gasteiger partial charge in [-0.15, -0.1) is 0 Å². The van der Waals surface area contributed by atoms with Gasteiger partial charge in [0.15, 0.2) is 5.78 Å². The molecule has 0 aromatic heterocycles. The number of amides is 1. The number of benzene rings is 2. The molecule has 3 N–H and O–H groups in total. The van der Waals surface area contributed by atoms with Crippen molar-refractivity contribution in [3.8, 4) is 5.75 Å². The highest BCUT2D eigenvalue weighted by Crippen LogP contribution is 2.17. The molecule has 0 aliphatic rings. The summed E-state index contributed by atoms with van der Waals surface area (Å²) in [7, 11) is 1.64. The Morgan fingerprint density at radius 3 is 2.31 bits per heavy atom. The van der Waals surface area contributed by atoms with Crippen LogP contribution in [0.15, 0.2) is 72.3 Å². The van der Waals surface area contributed by atoms with Gasteiger partial charge in [-0.25, -0.2) is 5.48 Å². The number of carbonyl (C=O) groups excluding carboxylic acids is 2. The third-order valence-corrected chi connectivity index (χ3v) is 4.36. The summed E-state index contributed by atoms with van der Waals surface area (Å²) in [6, 6.07) is 15.2. The first kappa shape index (κ1) is 21.9. The van der Waals surface area contributed by atoms with Crippen LogP contribution in [0.25, 0.3) is 0 Å². The predicted molar refractivity (Wildman–Crippen MR) is 113 cm³/mol. The van der Waals surface area contributed by atoms with Crippen molar-refractivity contribution in [2.45, 2.75) is 20.4 Å². The Kier molecular flexibility index (Phi) is 8.18. The fourth-order valence-corrected chi connectivity index (χ4v) is 2.73. The van der Waals surface area contributed by atoms with Gasteiger partial charge in [0.2, 0.25) is 0 Å². The van der Waals surface area contributed by atoms with Gasteiger partial charge in [-0.1, -0.05) is 36.8 Å². The summed E-state index contributed by atoms with van der Waals surface area (Å²) in [5, 5.41) is 11.8. The van der Waals surface area contributed by atoms with Crippen LogP contribution in [0, 0.1) is 5.92 Å². The first-order valence-electron chi connectivity index (χ1n) is 9.24. The number of rotatable bonds is 9. The zero-order chi connectivity index (χ0) is 21.2. The minimum absolute atomic E-state index is 0.00827. The number of hydrogen-bond acceptors (Lipinski definition) is 5. The Morgan fingerprint density at radius 1 is 1.07 bits per heavy atom. The molecule has 0 saturated heterocycles. The first-order valence-corrected chi connectivity index (χ1v) is 9.24. The number of anilines is 1. The van der Waals surface area contributed by atoms with Crippen molar-refractivity contribution in [3.63, 3.8) is 0 Å². The highest BCUT2D eigenvalue weighted by atomic mass is 16.5. The van der Waals surface area contributed by atoms with Gasteiger partial charge in [0.25, 0.3) is 5.91 Å². The molecule has 2 aromatic carbocycles. The predicted octanol–water partition coefficient (Wildman–Crippen LogP) is 4.13. The maximum atomic E-state index is 12.6. The van der Waals surface area contributed by atoms with Crippen LogP contribution in [-0.2, 0) is 11.3 Å². The van der Waals surface area contributed by atoms with E-state index in [-0.39, 0.29) is 11.7 Å². The summed E-state index contributed by atoms with van der Waals surface area (Å²) >= 11 is 0. The minimum Gasteiger partial charge on any atom is -0.497 e. The molecule has 1 amide bonds. The number of nitrogens with one attached hydrogen (secondary N) is 2. The molecule has 1 atom stereocenters. The van der Waals surface area contributed by atoms with Crippen molar-refractivity contribution < 1.29 is 19.5 Å². The summed E-state index contributed by atoms with van der Waals surface area (Å²) in [6.07, 6.45) is 4.52. The highest BCUT2D eigenvalue weighted by Gasteiger charge is 2.13. The van der Waals surface area contributed by atoms with E-state index in [9.17, 15) is 9.59 Å². The number of ketones is 1. The van der Waals surface area contributed by atoms with E-state index in [4.69, 9.17) is 9.94 Å². The van der Waals surface area contributed by atoms with E-state index in [2.05, 4.69) is 5.32 Å². The van der Waals surface area contributed by atoms with Crippen molar-refractivity contribution in [2.24, 2.45) is 5.92 Å². The summed E-state index contributed by atoms with van der Waals surface area (Å²) in [6.45, 7) is 4.27. The number of hydrogen-bond donors (Lipinski definition) is 3. The topological polar surface area (TPSA) is 87.7 Å². The van der Waals surface area contributed by atoms with E-state index in [1.54, 1.807) is 38.3 Å². The van der Waals surface area contributed by atoms with Crippen molar-refractivity contribution in [2.75, 3.05) is 12.4 Å². The molecule has 0 aliphatic heterocycles. The summed E-state index contributed by atoms with van der Waals surface area (Å²) < 4.78 is 5.15. The number of allylic oxidation sites excluding steroid dienone is 3. The summed E-state index contributed by atoms with van der Waals surface area (Å²) in [5.41, 5.74) is 4.95. The van der Waals surface area contributed by atoms with Crippen LogP contribution in [0.1, 0.15) is 29.8 Å². The van der Waals surface area contributed by atoms with Gasteiger partial charge in [0.1, 0.15) is 5.75 Å². The lowest BCUT2D eigenvalue weighted by Gasteiger charge is -2.10. The molecule has 152 valence electrons. The Hall–Kier alpha value is -3.38. The van der Waals surface area contributed by atoms with E-state index >= 15 is 0 Å². The average molecular weight is 394 g/mol. The van der Waals surface area contributed by atoms with Gasteiger partial charge in [-0.3, -0.25) is 14.8 Å². The molecule has 0 heterocycles. The fourth-order valence-electron chi connectivity index (χ4n) is 2.73. The SMILES string of the molecule is COc1ccc(CNc2ccc(C(=O)C(C)C=C(C)C=CC(=O)NO)cc2)cc1. The van der Waals surface area contributed by atoms with Gasteiger partial charge >= 0.3 is 0 Å². The molecule has 0 spiro atoms. The van der Waals surface area contributed by atoms with Crippen LogP contribution in [0.4, 0.5) is 5.69 Å². The van der Waals surface area contributed by atoms with Crippen LogP contribution < -0.4 is 15.5 Å². The molecule has 0 saturated carbocycles. The molecule has 0 bridgehead atoms. The number of methoxy groups -OCH3 is 1. The van der Waals surface area contributed by atoms with Crippen LogP contribution in [0.2, 0.25) is 0 Å². The second-order valence-electron chi connectivity index (χ2n) is 6.65. The average Bonchev–Trinajstić information content (AvgIpc) is 2.76. The molecular formula is C23H26N2O4. The quantitative estimate of drug-likeness (QED) is 0.196. The lowest BCUT2D eigenvalue weighted by atomic mass is 9.97. The Bertz CT molecular complexity index is 884. The largest absolute Gasteiger partial charge is 0.497 e. The monoisotopic (exact) mass is 394 g/mol. The van der Waals surface area contributed by atoms with Crippen LogP contribution >= 0.6 is 0 Å². The van der Waals surface area contributed by atoms with Crippen LogP contribution in [0.5, 0.6) is 5.75 Å². The molecule has 1 unspecified atom stereocenters. The van der Waals surface area contributed by atoms with Crippen molar-refractivity contribution >= 4 is 17.4 Å². The second kappa shape index (κ2) is 10.8. The molecule has 6 nitrogen and oxygen atoms in total. The molecule has 0 radical (unpaired) electrons. The standard InChI is InChI=1S/C23H26N2O4/c1-16(4-13-22(26)25-28)14-17(2)23(27)19-7-9-20(10-8-19)24-15-18-5-11-21(29-3)12-6-18/h4-14,17,24,28H,15H2,1-3H3,(H,25,26). The molecule has 2 rings (SSSR count). The summed E-state index contributed by atoms with van der Waals surface area (Å²) in [4.78, 5) is 23.6. The number of carbonyl (C=O) groups is 2. The van der Waals surface area contributed by atoms with Crippen molar-refractivity contribution in [1.29, 1.82) is 0 Å². The molecule has 2 aromatic rings. The van der Waals surface area contributed by atoms with E-state index in [1.807, 2.05) is 43.3 Å². The van der Waals surface area contributed by atoms with Crippen molar-refractivity contribution in [3.05, 3.63) is 83.5 Å². The van der Waals surface area contributed by atoms with E-state index in [1.165, 1.54) is 11.6 Å². The van der Waals surface area contributed by atoms with Gasteiger partial charge in [-0.05, 0) is 48.9 Å². The van der Waals surface area contributed by atoms with E-state index < -0.39 is 5.91 Å². The normalized spacial score (nSPS) is 12.5. The van der Waals surface area contributed by atoms with Crippen LogP contribution in [-0.4, -0.2) is 24.0 Å². The van der Waals surface area contributed by atoms with Gasteiger partial charge in [0.05, 0.1) is 7.11 Å². The first-order chi connectivity index (χ1) is 13.9. The Labute approximate surface area is 170 Å². The molecule has 6 heteroatoms. The zero-order valence-electron chi connectivity index (χ0n) is 16.8. The van der Waals surface area contributed by atoms with Gasteiger partial charge in [0, 0.05) is 29.8 Å². The zero-order valence-corrected chi connectivity index (χ0v) is 16.8. The number of hydroxylamine groups is 1. The lowest BCUT2D eigenvalue weighted by molar-refractivity contribution is -0.124. The summed E-state index contributed by atoms with van der Waals surface area (Å²) in [5.74, 6) is -0.141. The lowest BCUT2D eigenvalue weighted by Crippen LogP contribution is -2.15. The number of Topliss-reactive ketones (excluding diaryl/α,β-unsaturated/α-hetero) is 1. The molecular weight excluding hydrogens is 368 g/mol. The van der Waals surface area contributed by atoms with Gasteiger partial charge in [-0.2, -0.15) is 0 Å². The Morgan fingerprint density at radius 2 is 1.72 bits per heavy atom. The van der Waals surface area contributed by atoms with Gasteiger partial charge < -0.3 is 10.1 Å². The third kappa shape index (κ3) is 6.93. The maximum absolute atomic E-state index is 12.6. The second-order valence-corrected chi connectivity index (χ2v) is 6.65. The number of ether oxygens (including phenoxy) is 1. The van der Waals surface area contributed by atoms with Crippen molar-refractivity contribution in [1.82, 2.24) is 5.48 Å². The third-order valence-electron chi connectivity index (χ3n) is 4.36. The smallest absolute Gasteiger partial charge is 0.267 e. The fraction of sp³-hybridized carbons (Fsp3) is 0.217. The van der Waals surface area contributed by atoms with E-state index in [0.29, 0.717) is 12.1 Å². The molecule has 0 fully saturated rings. The Balaban J connectivity index is 1.94. The highest BCUT2D eigenvalue weighted by molar-refractivity contribution is 5.99. The van der Waals surface area contributed by atoms with Crippen LogP contribution in [0.3, 0.4) is 0 Å². The molecule has 0 aliphatic carbocycles. The van der Waals surface area contributed by atoms with E-state index in [0.717, 1.165) is 22.6 Å². The maximum Gasteiger partial charge on any atom is 0.267 e.